The van der Waals surface area contributed by atoms with Gasteiger partial charge in [0.2, 0.25) is 6.23 Å². The fraction of sp³-hybridized carbons (Fsp3) is 0.286. The number of ether oxygens (including phenoxy) is 3. The highest BCUT2D eigenvalue weighted by atomic mass is 16.6. The first-order chi connectivity index (χ1) is 16.8. The fourth-order valence-electron chi connectivity index (χ4n) is 4.06. The van der Waals surface area contributed by atoms with Gasteiger partial charge in [-0.3, -0.25) is 0 Å². The predicted molar refractivity (Wildman–Crippen MR) is 135 cm³/mol. The van der Waals surface area contributed by atoms with Gasteiger partial charge in [0.1, 0.15) is 5.75 Å². The molecule has 2 atom stereocenters. The highest BCUT2D eigenvalue weighted by molar-refractivity contribution is 5.89. The maximum absolute atomic E-state index is 13.1. The lowest BCUT2D eigenvalue weighted by Gasteiger charge is -2.30. The van der Waals surface area contributed by atoms with Crippen LogP contribution in [0.15, 0.2) is 72.8 Å². The Kier molecular flexibility index (Phi) is 7.25. The van der Waals surface area contributed by atoms with Gasteiger partial charge >= 0.3 is 12.2 Å². The van der Waals surface area contributed by atoms with Crippen molar-refractivity contribution in [1.29, 1.82) is 0 Å². The Hall–Kier alpha value is -4.00. The molecule has 182 valence electrons. The van der Waals surface area contributed by atoms with E-state index in [1.165, 1.54) is 0 Å². The van der Waals surface area contributed by atoms with E-state index in [4.69, 9.17) is 14.2 Å². The van der Waals surface area contributed by atoms with Gasteiger partial charge in [-0.05, 0) is 50.1 Å². The maximum Gasteiger partial charge on any atom is 0.432 e. The van der Waals surface area contributed by atoms with Crippen molar-refractivity contribution in [2.45, 2.75) is 52.0 Å². The quantitative estimate of drug-likeness (QED) is 0.442. The highest BCUT2D eigenvalue weighted by Crippen LogP contribution is 2.44. The predicted octanol–water partition coefficient (Wildman–Crippen LogP) is 6.25. The Balaban J connectivity index is 1.78. The van der Waals surface area contributed by atoms with Crippen LogP contribution in [-0.2, 0) is 9.47 Å². The van der Waals surface area contributed by atoms with Crippen molar-refractivity contribution in [3.63, 3.8) is 0 Å². The number of rotatable bonds is 5. The van der Waals surface area contributed by atoms with Gasteiger partial charge in [-0.2, -0.15) is 5.01 Å². The van der Waals surface area contributed by atoms with Crippen molar-refractivity contribution < 1.29 is 23.8 Å². The Bertz CT molecular complexity index is 1220. The minimum Gasteiger partial charge on any atom is -0.467 e. The number of nitrogens with one attached hydrogen (secondary N) is 1. The summed E-state index contributed by atoms with van der Waals surface area (Å²) in [6, 6.07) is 21.7. The Labute approximate surface area is 205 Å². The number of carbonyl (C=O) groups excluding carboxylic acids is 2. The van der Waals surface area contributed by atoms with E-state index in [1.54, 1.807) is 27.7 Å². The zero-order chi connectivity index (χ0) is 24.9. The summed E-state index contributed by atoms with van der Waals surface area (Å²) in [7, 11) is 0. The number of hydrogen-bond donors (Lipinski definition) is 1. The van der Waals surface area contributed by atoms with Crippen LogP contribution in [0.1, 0.15) is 44.7 Å². The lowest BCUT2D eigenvalue weighted by atomic mass is 9.92. The van der Waals surface area contributed by atoms with E-state index < -0.39 is 30.4 Å². The topological polar surface area (TPSA) is 77.1 Å². The van der Waals surface area contributed by atoms with Crippen LogP contribution in [0.5, 0.6) is 5.75 Å². The number of amides is 2. The third-order valence-electron chi connectivity index (χ3n) is 5.46. The van der Waals surface area contributed by atoms with Gasteiger partial charge in [-0.25, -0.2) is 15.0 Å². The molecular weight excluding hydrogens is 444 g/mol. The van der Waals surface area contributed by atoms with Crippen LogP contribution in [0.2, 0.25) is 0 Å². The molecule has 1 N–H and O–H groups in total. The summed E-state index contributed by atoms with van der Waals surface area (Å²) in [5, 5.41) is 3.15. The summed E-state index contributed by atoms with van der Waals surface area (Å²) in [5.41, 5.74) is 4.48. The van der Waals surface area contributed by atoms with E-state index in [9.17, 15) is 9.59 Å². The Morgan fingerprint density at radius 2 is 1.60 bits per heavy atom. The first kappa shape index (κ1) is 24.1. The van der Waals surface area contributed by atoms with Crippen LogP contribution in [0.25, 0.3) is 16.8 Å². The number of hydrogen-bond acceptors (Lipinski definition) is 5. The van der Waals surface area contributed by atoms with Crippen molar-refractivity contribution in [1.82, 2.24) is 10.4 Å². The lowest BCUT2D eigenvalue weighted by molar-refractivity contribution is -0.0204. The zero-order valence-corrected chi connectivity index (χ0v) is 20.3. The van der Waals surface area contributed by atoms with Gasteiger partial charge in [-0.15, -0.1) is 0 Å². The van der Waals surface area contributed by atoms with E-state index in [2.05, 4.69) is 5.43 Å². The molecule has 0 saturated carbocycles. The average molecular weight is 475 g/mol. The molecule has 1 heterocycles. The van der Waals surface area contributed by atoms with E-state index in [-0.39, 0.29) is 6.10 Å². The molecule has 0 radical (unpaired) electrons. The fourth-order valence-corrected chi connectivity index (χ4v) is 4.06. The lowest BCUT2D eigenvalue weighted by Crippen LogP contribution is -2.55. The molecule has 0 spiro atoms. The van der Waals surface area contributed by atoms with Crippen LogP contribution < -0.4 is 10.2 Å². The maximum atomic E-state index is 13.1. The van der Waals surface area contributed by atoms with Gasteiger partial charge < -0.3 is 14.2 Å². The zero-order valence-electron chi connectivity index (χ0n) is 20.3. The summed E-state index contributed by atoms with van der Waals surface area (Å²) < 4.78 is 17.0. The van der Waals surface area contributed by atoms with Gasteiger partial charge in [0.25, 0.3) is 0 Å². The molecule has 1 aliphatic rings. The van der Waals surface area contributed by atoms with Crippen LogP contribution >= 0.6 is 0 Å². The first-order valence-corrected chi connectivity index (χ1v) is 11.7. The largest absolute Gasteiger partial charge is 0.467 e. The molecule has 2 amide bonds. The number of carbonyl (C=O) groups is 2. The average Bonchev–Trinajstić information content (AvgIpc) is 3.19. The summed E-state index contributed by atoms with van der Waals surface area (Å²) in [6.07, 6.45) is 0.825. The van der Waals surface area contributed by atoms with Crippen molar-refractivity contribution >= 4 is 29.0 Å². The van der Waals surface area contributed by atoms with Crippen LogP contribution in [0.3, 0.4) is 0 Å². The monoisotopic (exact) mass is 474 g/mol. The number of fused-ring (bicyclic) bond motifs is 3. The molecule has 1 aliphatic heterocycles. The van der Waals surface area contributed by atoms with Crippen molar-refractivity contribution in [3.8, 4) is 5.75 Å². The third kappa shape index (κ3) is 5.57. The molecule has 0 unspecified atom stereocenters. The first-order valence-electron chi connectivity index (χ1n) is 11.7. The van der Waals surface area contributed by atoms with Crippen LogP contribution in [0, 0.1) is 0 Å². The molecule has 0 aliphatic carbocycles. The van der Waals surface area contributed by atoms with Crippen LogP contribution in [0.4, 0.5) is 9.59 Å². The van der Waals surface area contributed by atoms with E-state index in [0.717, 1.165) is 26.9 Å². The number of benzene rings is 3. The van der Waals surface area contributed by atoms with Gasteiger partial charge in [0.15, 0.2) is 0 Å². The van der Waals surface area contributed by atoms with E-state index in [0.29, 0.717) is 5.75 Å². The third-order valence-corrected chi connectivity index (χ3v) is 5.46. The van der Waals surface area contributed by atoms with Crippen LogP contribution in [-0.4, -0.2) is 35.6 Å². The molecule has 0 bridgehead atoms. The molecule has 4 rings (SSSR count). The Morgan fingerprint density at radius 3 is 2.31 bits per heavy atom. The molecular formula is C28H30N2O5. The van der Waals surface area contributed by atoms with Gasteiger partial charge in [-0.1, -0.05) is 72.8 Å². The summed E-state index contributed by atoms with van der Waals surface area (Å²) in [4.78, 5) is 25.7. The molecule has 35 heavy (non-hydrogen) atoms. The van der Waals surface area contributed by atoms with Gasteiger partial charge in [0.05, 0.1) is 18.1 Å². The number of hydrazine groups is 1. The Morgan fingerprint density at radius 1 is 0.914 bits per heavy atom. The summed E-state index contributed by atoms with van der Waals surface area (Å²) in [6.45, 7) is 6.95. The minimum atomic E-state index is -0.887. The molecule has 7 heteroatoms. The molecule has 0 saturated heterocycles. The second-order valence-corrected chi connectivity index (χ2v) is 8.87. The normalized spacial score (nSPS) is 16.9. The van der Waals surface area contributed by atoms with Gasteiger partial charge in [0, 0.05) is 5.56 Å². The second-order valence-electron chi connectivity index (χ2n) is 8.87. The molecule has 7 nitrogen and oxygen atoms in total. The minimum absolute atomic E-state index is 0.364. The van der Waals surface area contributed by atoms with Crippen molar-refractivity contribution in [2.24, 2.45) is 0 Å². The second kappa shape index (κ2) is 10.5. The smallest absolute Gasteiger partial charge is 0.432 e. The SMILES string of the molecule is CC(C)OC(=O)NN(C(=O)OC(C)C)[C@H]1Oc2ccc3ccccc3c2[C@@H]1/C=C/c1ccccc1. The molecule has 3 aromatic rings. The molecule has 3 aromatic carbocycles. The molecule has 0 fully saturated rings. The summed E-state index contributed by atoms with van der Waals surface area (Å²) >= 11 is 0. The van der Waals surface area contributed by atoms with E-state index >= 15 is 0 Å². The summed E-state index contributed by atoms with van der Waals surface area (Å²) in [5.74, 6) is 0.244. The standard InChI is InChI=1S/C28H30N2O5/c1-18(2)33-27(31)29-30(28(32)34-19(3)4)26-23(16-14-20-10-6-5-7-11-20)25-22-13-9-8-12-21(22)15-17-24(25)35-26/h5-19,23,26H,1-4H3,(H,29,31)/b16-14+/t23-,26-/m0/s1. The van der Waals surface area contributed by atoms with Crippen molar-refractivity contribution in [3.05, 3.63) is 83.9 Å². The van der Waals surface area contributed by atoms with E-state index in [1.807, 2.05) is 78.9 Å². The highest BCUT2D eigenvalue weighted by Gasteiger charge is 2.42. The molecule has 0 aromatic heterocycles. The van der Waals surface area contributed by atoms with Crippen molar-refractivity contribution in [2.75, 3.05) is 0 Å². The number of nitrogens with zero attached hydrogens (tertiary/aromatic N) is 1.